The van der Waals surface area contributed by atoms with Crippen molar-refractivity contribution in [3.63, 3.8) is 0 Å². The van der Waals surface area contributed by atoms with Gasteiger partial charge < -0.3 is 26.9 Å². The van der Waals surface area contributed by atoms with Gasteiger partial charge in [-0.25, -0.2) is 4.79 Å². The molecule has 0 bridgehead atoms. The highest BCUT2D eigenvalue weighted by atomic mass is 28.5. The van der Waals surface area contributed by atoms with Crippen LogP contribution in [0.2, 0.25) is 41.8 Å². The molecule has 0 aliphatic carbocycles. The summed E-state index contributed by atoms with van der Waals surface area (Å²) in [4.78, 5) is 39.4. The summed E-state index contributed by atoms with van der Waals surface area (Å²) in [5, 5.41) is 0. The molecule has 2 fully saturated rings. The number of aromatic nitrogens is 2. The van der Waals surface area contributed by atoms with Crippen LogP contribution in [0.3, 0.4) is 0 Å². The Hall–Kier alpha value is -1.40. The fourth-order valence-corrected chi connectivity index (χ4v) is 18.6. The Balaban J connectivity index is 2.20. The summed E-state index contributed by atoms with van der Waals surface area (Å²) in [6, 6.07) is 0. The van der Waals surface area contributed by atoms with Gasteiger partial charge in [0.1, 0.15) is 24.4 Å². The zero-order valence-corrected chi connectivity index (χ0v) is 33.2. The van der Waals surface area contributed by atoms with E-state index in [9.17, 15) is 14.4 Å². The van der Waals surface area contributed by atoms with Crippen molar-refractivity contribution in [1.82, 2.24) is 9.13 Å². The normalized spacial score (nSPS) is 25.5. The lowest BCUT2D eigenvalue weighted by Gasteiger charge is -2.51. The van der Waals surface area contributed by atoms with Crippen LogP contribution in [0, 0.1) is 5.41 Å². The Kier molecular flexibility index (Phi) is 11.5. The highest BCUT2D eigenvalue weighted by molar-refractivity contribution is 6.84. The van der Waals surface area contributed by atoms with Crippen LogP contribution in [0.4, 0.5) is 0 Å². The molecule has 2 saturated heterocycles. The molecule has 0 spiro atoms. The minimum atomic E-state index is -3.01. The molecule has 3 rings (SSSR count). The van der Waals surface area contributed by atoms with Gasteiger partial charge in [0.05, 0.1) is 17.6 Å². The summed E-state index contributed by atoms with van der Waals surface area (Å²) in [5.74, 6) is -0.461. The molecule has 14 heteroatoms. The maximum atomic E-state index is 13.7. The third kappa shape index (κ3) is 7.68. The lowest BCUT2D eigenvalue weighted by atomic mass is 9.98. The summed E-state index contributed by atoms with van der Waals surface area (Å²) >= 11 is 0. The summed E-state index contributed by atoms with van der Waals surface area (Å²) in [6.07, 6.45) is -1.15. The standard InChI is InChI=1S/C31H58N2O9Si3/c1-19(2)44(20(3)4)38-17-24-26(41-45(42-44,21(5)6)22(7)8)27(40-43(13,14)15)25(39-24)23-16-33(30(36)32(12)28(23)34)18-37-29(35)31(9,10)11/h16,19-22,24-27H,17-18H2,1-15H3/t24-,25+,26-,27+/m1/s1. The second kappa shape index (κ2) is 13.6. The second-order valence-electron chi connectivity index (χ2n) is 15.9. The van der Waals surface area contributed by atoms with Gasteiger partial charge >= 0.3 is 28.8 Å². The smallest absolute Gasteiger partial charge is 0.335 e. The minimum absolute atomic E-state index is 0.100. The van der Waals surface area contributed by atoms with Crippen LogP contribution in [0.5, 0.6) is 0 Å². The maximum Gasteiger partial charge on any atom is 0.335 e. The van der Waals surface area contributed by atoms with Gasteiger partial charge in [-0.1, -0.05) is 55.4 Å². The van der Waals surface area contributed by atoms with Gasteiger partial charge in [-0.05, 0) is 62.6 Å². The molecule has 1 aromatic heterocycles. The molecular weight excluding hydrogens is 629 g/mol. The Morgan fingerprint density at radius 3 is 1.98 bits per heavy atom. The molecule has 3 heterocycles. The third-order valence-electron chi connectivity index (χ3n) is 8.76. The number of nitrogens with zero attached hydrogens (tertiary/aromatic N) is 2. The molecule has 0 aromatic carbocycles. The van der Waals surface area contributed by atoms with Crippen molar-refractivity contribution in [3.8, 4) is 0 Å². The lowest BCUT2D eigenvalue weighted by Crippen LogP contribution is -2.66. The predicted octanol–water partition coefficient (Wildman–Crippen LogP) is 5.71. The predicted molar refractivity (Wildman–Crippen MR) is 181 cm³/mol. The average molecular weight is 687 g/mol. The van der Waals surface area contributed by atoms with E-state index in [4.69, 9.17) is 26.9 Å². The summed E-state index contributed by atoms with van der Waals surface area (Å²) in [5.41, 5.74) is -1.08. The number of hydrogen-bond donors (Lipinski definition) is 0. The zero-order valence-electron chi connectivity index (χ0n) is 30.2. The van der Waals surface area contributed by atoms with Crippen LogP contribution in [0.1, 0.15) is 87.8 Å². The Labute approximate surface area is 272 Å². The summed E-state index contributed by atoms with van der Waals surface area (Å²) in [6.45, 7) is 28.7. The molecule has 0 amide bonds. The van der Waals surface area contributed by atoms with Gasteiger partial charge in [0.15, 0.2) is 15.0 Å². The van der Waals surface area contributed by atoms with Crippen molar-refractivity contribution >= 4 is 31.4 Å². The molecular formula is C31H58N2O9Si3. The maximum absolute atomic E-state index is 13.7. The first-order valence-electron chi connectivity index (χ1n) is 16.3. The van der Waals surface area contributed by atoms with Gasteiger partial charge in [-0.3, -0.25) is 18.7 Å². The highest BCUT2D eigenvalue weighted by Crippen LogP contribution is 2.49. The van der Waals surface area contributed by atoms with E-state index in [-0.39, 0.29) is 41.1 Å². The Bertz CT molecular complexity index is 1310. The SMILES string of the molecule is CC(C)[Si]1(C(C)C)OC[C@H]2O[C@@H](c3cn(COC(=O)C(C)(C)C)c(=O)n(C)c3=O)[C@H](O[Si](C)(C)C)[C@@H]2O[Si](C(C)C)(C(C)C)O1. The van der Waals surface area contributed by atoms with Gasteiger partial charge in [0.2, 0.25) is 0 Å². The van der Waals surface area contributed by atoms with E-state index in [1.807, 2.05) is 0 Å². The Morgan fingerprint density at radius 2 is 1.51 bits per heavy atom. The lowest BCUT2D eigenvalue weighted by molar-refractivity contribution is -0.157. The van der Waals surface area contributed by atoms with Crippen LogP contribution in [0.15, 0.2) is 15.8 Å². The molecule has 1 aromatic rings. The van der Waals surface area contributed by atoms with Crippen molar-refractivity contribution < 1.29 is 31.7 Å². The fraction of sp³-hybridized carbons (Fsp3) is 0.839. The van der Waals surface area contributed by atoms with Crippen LogP contribution < -0.4 is 11.2 Å². The average Bonchev–Trinajstić information content (AvgIpc) is 3.19. The Morgan fingerprint density at radius 1 is 0.978 bits per heavy atom. The molecule has 11 nitrogen and oxygen atoms in total. The molecule has 2 aliphatic rings. The van der Waals surface area contributed by atoms with E-state index >= 15 is 0 Å². The van der Waals surface area contributed by atoms with Gasteiger partial charge in [0, 0.05) is 13.2 Å². The quantitative estimate of drug-likeness (QED) is 0.238. The van der Waals surface area contributed by atoms with E-state index in [1.165, 1.54) is 17.8 Å². The zero-order chi connectivity index (χ0) is 34.4. The topological polar surface area (TPSA) is 116 Å². The molecule has 258 valence electrons. The van der Waals surface area contributed by atoms with E-state index in [0.29, 0.717) is 0 Å². The van der Waals surface area contributed by atoms with Gasteiger partial charge in [-0.15, -0.1) is 0 Å². The molecule has 0 unspecified atom stereocenters. The van der Waals surface area contributed by atoms with Crippen molar-refractivity contribution in [3.05, 3.63) is 32.6 Å². The highest BCUT2D eigenvalue weighted by Gasteiger charge is 2.62. The molecule has 2 aliphatic heterocycles. The van der Waals surface area contributed by atoms with Crippen LogP contribution >= 0.6 is 0 Å². The van der Waals surface area contributed by atoms with E-state index in [1.54, 1.807) is 20.8 Å². The molecule has 0 radical (unpaired) electrons. The van der Waals surface area contributed by atoms with E-state index < -0.39 is 72.5 Å². The summed E-state index contributed by atoms with van der Waals surface area (Å²) in [7, 11) is -6.65. The summed E-state index contributed by atoms with van der Waals surface area (Å²) < 4.78 is 42.9. The van der Waals surface area contributed by atoms with Crippen molar-refractivity contribution in [1.29, 1.82) is 0 Å². The molecule has 0 N–H and O–H groups in total. The number of carbonyl (C=O) groups is 1. The van der Waals surface area contributed by atoms with Crippen LogP contribution in [0.25, 0.3) is 0 Å². The minimum Gasteiger partial charge on any atom is -0.443 e. The number of ether oxygens (including phenoxy) is 2. The first kappa shape index (κ1) is 38.1. The van der Waals surface area contributed by atoms with E-state index in [0.717, 1.165) is 4.57 Å². The molecule has 45 heavy (non-hydrogen) atoms. The van der Waals surface area contributed by atoms with Gasteiger partial charge in [-0.2, -0.15) is 0 Å². The van der Waals surface area contributed by atoms with Crippen molar-refractivity contribution in [2.45, 2.75) is 149 Å². The van der Waals surface area contributed by atoms with Crippen molar-refractivity contribution in [2.75, 3.05) is 6.61 Å². The number of hydrogen-bond acceptors (Lipinski definition) is 9. The van der Waals surface area contributed by atoms with Crippen molar-refractivity contribution in [2.24, 2.45) is 12.5 Å². The molecule has 0 saturated carbocycles. The number of rotatable bonds is 9. The van der Waals surface area contributed by atoms with Crippen LogP contribution in [-0.4, -0.2) is 65.5 Å². The third-order valence-corrected chi connectivity index (χ3v) is 20.0. The van der Waals surface area contributed by atoms with Gasteiger partial charge in [0.25, 0.3) is 5.56 Å². The number of carbonyl (C=O) groups excluding carboxylic acids is 1. The fourth-order valence-electron chi connectivity index (χ4n) is 6.31. The number of esters is 1. The number of fused-ring (bicyclic) bond motifs is 1. The first-order valence-corrected chi connectivity index (χ1v) is 23.7. The monoisotopic (exact) mass is 686 g/mol. The first-order chi connectivity index (χ1) is 20.5. The largest absolute Gasteiger partial charge is 0.443 e. The van der Waals surface area contributed by atoms with E-state index in [2.05, 4.69) is 75.0 Å². The second-order valence-corrected chi connectivity index (χ2v) is 29.2. The molecule has 4 atom stereocenters. The van der Waals surface area contributed by atoms with Crippen LogP contribution in [-0.2, 0) is 45.4 Å².